The van der Waals surface area contributed by atoms with Gasteiger partial charge < -0.3 is 15.4 Å². The number of ether oxygens (including phenoxy) is 1. The third-order valence-corrected chi connectivity index (χ3v) is 5.99. The van der Waals surface area contributed by atoms with Crippen molar-refractivity contribution in [3.63, 3.8) is 0 Å². The van der Waals surface area contributed by atoms with E-state index in [1.165, 1.54) is 44.9 Å². The van der Waals surface area contributed by atoms with Gasteiger partial charge in [-0.05, 0) is 69.8 Å². The Labute approximate surface area is 156 Å². The fourth-order valence-electron chi connectivity index (χ4n) is 4.70. The molecule has 3 atom stereocenters. The summed E-state index contributed by atoms with van der Waals surface area (Å²) < 4.78 is 5.68. The van der Waals surface area contributed by atoms with Crippen molar-refractivity contribution in [2.24, 2.45) is 0 Å². The van der Waals surface area contributed by atoms with Crippen LogP contribution in [0.4, 0.5) is 5.69 Å². The molecule has 1 unspecified atom stereocenters. The summed E-state index contributed by atoms with van der Waals surface area (Å²) in [6.07, 6.45) is 9.40. The van der Waals surface area contributed by atoms with E-state index in [1.54, 1.807) is 0 Å². The van der Waals surface area contributed by atoms with Gasteiger partial charge in [0.2, 0.25) is 0 Å². The minimum absolute atomic E-state index is 0.490. The molecule has 1 aliphatic carbocycles. The summed E-state index contributed by atoms with van der Waals surface area (Å²) in [6.45, 7) is 2.65. The highest BCUT2D eigenvalue weighted by molar-refractivity contribution is 7.80. The molecule has 2 bridgehead atoms. The number of para-hydroxylation sites is 2. The molecular formula is C20H29N3OS. The van der Waals surface area contributed by atoms with Gasteiger partial charge in [0.25, 0.3) is 0 Å². The van der Waals surface area contributed by atoms with E-state index in [1.807, 2.05) is 31.2 Å². The lowest BCUT2D eigenvalue weighted by Gasteiger charge is -2.49. The molecule has 0 amide bonds. The van der Waals surface area contributed by atoms with Gasteiger partial charge in [-0.15, -0.1) is 0 Å². The lowest BCUT2D eigenvalue weighted by molar-refractivity contribution is 0.0209. The van der Waals surface area contributed by atoms with Crippen LogP contribution in [0, 0.1) is 0 Å². The maximum Gasteiger partial charge on any atom is 0.171 e. The number of rotatable bonds is 5. The second-order valence-corrected chi connectivity index (χ2v) is 8.02. The van der Waals surface area contributed by atoms with Crippen molar-refractivity contribution in [1.29, 1.82) is 0 Å². The minimum atomic E-state index is 0.490. The summed E-state index contributed by atoms with van der Waals surface area (Å²) in [5.41, 5.74) is 0.942. The highest BCUT2D eigenvalue weighted by Crippen LogP contribution is 2.41. The monoisotopic (exact) mass is 359 g/mol. The lowest BCUT2D eigenvalue weighted by atomic mass is 9.81. The van der Waals surface area contributed by atoms with Gasteiger partial charge in [-0.25, -0.2) is 0 Å². The second-order valence-electron chi connectivity index (χ2n) is 7.61. The number of nitrogens with zero attached hydrogens (tertiary/aromatic N) is 1. The fraction of sp³-hybridized carbons (Fsp3) is 0.650. The average molecular weight is 360 g/mol. The molecular weight excluding hydrogens is 330 g/mol. The van der Waals surface area contributed by atoms with Crippen LogP contribution < -0.4 is 15.4 Å². The van der Waals surface area contributed by atoms with E-state index in [-0.39, 0.29) is 0 Å². The molecule has 0 radical (unpaired) electrons. The highest BCUT2D eigenvalue weighted by atomic mass is 32.1. The van der Waals surface area contributed by atoms with E-state index < -0.39 is 0 Å². The SMILES string of the molecule is CCOc1ccccc1NC(=S)NC1C[C@H]2CCC[C@@H](C1)N2C1CC1. The van der Waals surface area contributed by atoms with Crippen molar-refractivity contribution < 1.29 is 4.74 Å². The van der Waals surface area contributed by atoms with Gasteiger partial charge >= 0.3 is 0 Å². The number of piperidine rings is 2. The topological polar surface area (TPSA) is 36.5 Å². The third-order valence-electron chi connectivity index (χ3n) is 5.77. The standard InChI is InChI=1S/C20H29N3OS/c1-2-24-19-9-4-3-8-18(19)22-20(25)21-14-12-16-6-5-7-17(13-14)23(16)15-10-11-15/h3-4,8-9,14-17H,2,5-7,10-13H2,1H3,(H2,21,22,25)/t14?,16-,17+. The van der Waals surface area contributed by atoms with E-state index in [0.29, 0.717) is 12.6 Å². The molecule has 0 aromatic heterocycles. The van der Waals surface area contributed by atoms with Crippen molar-refractivity contribution in [2.75, 3.05) is 11.9 Å². The third kappa shape index (κ3) is 3.93. The maximum atomic E-state index is 5.68. The molecule has 1 aromatic rings. The zero-order valence-corrected chi connectivity index (χ0v) is 15.9. The number of hydrogen-bond donors (Lipinski definition) is 2. The number of anilines is 1. The highest BCUT2D eigenvalue weighted by Gasteiger charge is 2.44. The van der Waals surface area contributed by atoms with E-state index in [9.17, 15) is 0 Å². The van der Waals surface area contributed by atoms with Gasteiger partial charge in [0.1, 0.15) is 5.75 Å². The van der Waals surface area contributed by atoms with Gasteiger partial charge in [-0.3, -0.25) is 4.90 Å². The number of benzene rings is 1. The van der Waals surface area contributed by atoms with Gasteiger partial charge in [-0.1, -0.05) is 18.6 Å². The Bertz CT molecular complexity index is 605. The Balaban J connectivity index is 1.36. The maximum absolute atomic E-state index is 5.68. The van der Waals surface area contributed by atoms with Crippen molar-refractivity contribution in [1.82, 2.24) is 10.2 Å². The summed E-state index contributed by atoms with van der Waals surface area (Å²) in [6, 6.07) is 10.9. The second kappa shape index (κ2) is 7.50. The van der Waals surface area contributed by atoms with Crippen LogP contribution in [0.3, 0.4) is 0 Å². The van der Waals surface area contributed by atoms with Crippen LogP contribution in [0.25, 0.3) is 0 Å². The molecule has 2 aliphatic heterocycles. The number of nitrogens with one attached hydrogen (secondary N) is 2. The van der Waals surface area contributed by atoms with Crippen LogP contribution in [-0.2, 0) is 0 Å². The molecule has 5 heteroatoms. The molecule has 25 heavy (non-hydrogen) atoms. The van der Waals surface area contributed by atoms with Gasteiger partial charge in [0.15, 0.2) is 5.11 Å². The Morgan fingerprint density at radius 1 is 1.12 bits per heavy atom. The molecule has 4 nitrogen and oxygen atoms in total. The predicted molar refractivity (Wildman–Crippen MR) is 106 cm³/mol. The zero-order chi connectivity index (χ0) is 17.2. The Kier molecular flexibility index (Phi) is 5.13. The van der Waals surface area contributed by atoms with Gasteiger partial charge in [-0.2, -0.15) is 0 Å². The number of thiocarbonyl (C=S) groups is 1. The van der Waals surface area contributed by atoms with E-state index in [4.69, 9.17) is 17.0 Å². The molecule has 2 N–H and O–H groups in total. The molecule has 4 rings (SSSR count). The van der Waals surface area contributed by atoms with Crippen molar-refractivity contribution in [3.05, 3.63) is 24.3 Å². The fourth-order valence-corrected chi connectivity index (χ4v) is 4.98. The smallest absolute Gasteiger partial charge is 0.171 e. The zero-order valence-electron chi connectivity index (χ0n) is 15.0. The molecule has 1 saturated carbocycles. The molecule has 136 valence electrons. The molecule has 1 aromatic carbocycles. The number of fused-ring (bicyclic) bond motifs is 2. The first-order valence-corrected chi connectivity index (χ1v) is 10.2. The van der Waals surface area contributed by atoms with Gasteiger partial charge in [0, 0.05) is 24.2 Å². The van der Waals surface area contributed by atoms with Gasteiger partial charge in [0.05, 0.1) is 12.3 Å². The summed E-state index contributed by atoms with van der Waals surface area (Å²) in [7, 11) is 0. The quantitative estimate of drug-likeness (QED) is 0.780. The van der Waals surface area contributed by atoms with Crippen LogP contribution in [-0.4, -0.2) is 40.8 Å². The predicted octanol–water partition coefficient (Wildman–Crippen LogP) is 3.92. The summed E-state index contributed by atoms with van der Waals surface area (Å²) in [4.78, 5) is 2.85. The Hall–Kier alpha value is -1.33. The van der Waals surface area contributed by atoms with Crippen LogP contribution in [0.15, 0.2) is 24.3 Å². The molecule has 3 fully saturated rings. The van der Waals surface area contributed by atoms with Crippen molar-refractivity contribution in [2.45, 2.75) is 76.0 Å². The van der Waals surface area contributed by atoms with Crippen molar-refractivity contribution >= 4 is 23.0 Å². The van der Waals surface area contributed by atoms with Crippen LogP contribution >= 0.6 is 12.2 Å². The lowest BCUT2D eigenvalue weighted by Crippen LogP contribution is -2.57. The Morgan fingerprint density at radius 3 is 2.52 bits per heavy atom. The first-order valence-electron chi connectivity index (χ1n) is 9.81. The number of hydrogen-bond acceptors (Lipinski definition) is 3. The normalized spacial score (nSPS) is 29.1. The summed E-state index contributed by atoms with van der Waals surface area (Å²) in [5, 5.41) is 7.64. The minimum Gasteiger partial charge on any atom is -0.492 e. The first-order chi connectivity index (χ1) is 12.2. The Morgan fingerprint density at radius 2 is 1.84 bits per heavy atom. The molecule has 3 aliphatic rings. The molecule has 0 spiro atoms. The largest absolute Gasteiger partial charge is 0.492 e. The summed E-state index contributed by atoms with van der Waals surface area (Å²) >= 11 is 5.59. The summed E-state index contributed by atoms with van der Waals surface area (Å²) in [5.74, 6) is 0.856. The average Bonchev–Trinajstić information content (AvgIpc) is 3.41. The van der Waals surface area contributed by atoms with Crippen LogP contribution in [0.2, 0.25) is 0 Å². The van der Waals surface area contributed by atoms with E-state index >= 15 is 0 Å². The molecule has 2 heterocycles. The molecule has 2 saturated heterocycles. The first kappa shape index (κ1) is 17.1. The van der Waals surface area contributed by atoms with Crippen LogP contribution in [0.1, 0.15) is 51.9 Å². The van der Waals surface area contributed by atoms with Crippen LogP contribution in [0.5, 0.6) is 5.75 Å². The van der Waals surface area contributed by atoms with E-state index in [0.717, 1.165) is 34.7 Å². The van der Waals surface area contributed by atoms with Crippen molar-refractivity contribution in [3.8, 4) is 5.75 Å². The van der Waals surface area contributed by atoms with E-state index in [2.05, 4.69) is 15.5 Å².